The first-order valence-electron chi connectivity index (χ1n) is 7.50. The molecule has 0 aliphatic heterocycles. The summed E-state index contributed by atoms with van der Waals surface area (Å²) in [6.45, 7) is 5.44. The molecule has 1 aromatic rings. The highest BCUT2D eigenvalue weighted by Gasteiger charge is 2.61. The molecule has 134 valence electrons. The third-order valence-electron chi connectivity index (χ3n) is 4.59. The highest BCUT2D eigenvalue weighted by molar-refractivity contribution is 5.86. The van der Waals surface area contributed by atoms with Crippen molar-refractivity contribution in [3.63, 3.8) is 0 Å². The highest BCUT2D eigenvalue weighted by atomic mass is 16.6. The second kappa shape index (κ2) is 6.46. The van der Waals surface area contributed by atoms with Crippen LogP contribution in [0.25, 0.3) is 0 Å². The minimum Gasteiger partial charge on any atom is -0.481 e. The molecule has 1 aromatic carbocycles. The van der Waals surface area contributed by atoms with Crippen LogP contribution in [0.5, 0.6) is 0 Å². The number of benzene rings is 1. The summed E-state index contributed by atoms with van der Waals surface area (Å²) in [5.74, 6) is -1.34. The van der Waals surface area contributed by atoms with Crippen molar-refractivity contribution in [2.45, 2.75) is 27.2 Å². The largest absolute Gasteiger partial charge is 0.481 e. The van der Waals surface area contributed by atoms with Gasteiger partial charge in [-0.1, -0.05) is 13.8 Å². The number of nitrogens with zero attached hydrogens (tertiary/aromatic N) is 3. The number of carbonyl (C=O) groups is 1. The molecule has 0 saturated heterocycles. The van der Waals surface area contributed by atoms with E-state index in [9.17, 15) is 25.0 Å². The van der Waals surface area contributed by atoms with E-state index in [0.717, 1.165) is 12.1 Å². The zero-order valence-electron chi connectivity index (χ0n) is 13.9. The molecule has 0 amide bonds. The van der Waals surface area contributed by atoms with Crippen LogP contribution in [0.15, 0.2) is 23.3 Å². The smallest absolute Gasteiger partial charge is 0.307 e. The molecular weight excluding hydrogens is 332 g/mol. The van der Waals surface area contributed by atoms with Crippen molar-refractivity contribution < 1.29 is 19.7 Å². The Hall–Kier alpha value is -3.04. The van der Waals surface area contributed by atoms with Crippen LogP contribution in [-0.4, -0.2) is 26.6 Å². The summed E-state index contributed by atoms with van der Waals surface area (Å²) in [5, 5.41) is 35.0. The van der Waals surface area contributed by atoms with E-state index in [0.29, 0.717) is 12.1 Å². The van der Waals surface area contributed by atoms with Gasteiger partial charge in [0.2, 0.25) is 0 Å². The zero-order chi connectivity index (χ0) is 18.9. The van der Waals surface area contributed by atoms with E-state index < -0.39 is 27.4 Å². The van der Waals surface area contributed by atoms with Crippen LogP contribution in [0.2, 0.25) is 0 Å². The fourth-order valence-electron chi connectivity index (χ4n) is 3.01. The predicted molar refractivity (Wildman–Crippen MR) is 89.5 cm³/mol. The number of hydrogen-bond donors (Lipinski definition) is 2. The molecule has 2 rings (SSSR count). The Labute approximate surface area is 142 Å². The molecule has 1 aliphatic carbocycles. The van der Waals surface area contributed by atoms with E-state index in [1.807, 2.05) is 13.8 Å². The molecule has 10 heteroatoms. The van der Waals surface area contributed by atoms with Gasteiger partial charge in [0.1, 0.15) is 5.69 Å². The molecule has 10 nitrogen and oxygen atoms in total. The molecule has 1 fully saturated rings. The lowest BCUT2D eigenvalue weighted by molar-refractivity contribution is -0.393. The van der Waals surface area contributed by atoms with Gasteiger partial charge in [0.05, 0.1) is 21.8 Å². The maximum absolute atomic E-state index is 11.2. The van der Waals surface area contributed by atoms with E-state index in [-0.39, 0.29) is 22.7 Å². The van der Waals surface area contributed by atoms with Crippen molar-refractivity contribution in [2.75, 3.05) is 5.43 Å². The Morgan fingerprint density at radius 2 is 1.96 bits per heavy atom. The number of carboxylic acids is 1. The predicted octanol–water partition coefficient (Wildman–Crippen LogP) is 3.04. The maximum Gasteiger partial charge on any atom is 0.307 e. The normalized spacial score (nSPS) is 21.5. The van der Waals surface area contributed by atoms with Gasteiger partial charge in [0.15, 0.2) is 0 Å². The fourth-order valence-corrected chi connectivity index (χ4v) is 3.01. The third-order valence-corrected chi connectivity index (χ3v) is 4.59. The lowest BCUT2D eigenvalue weighted by atomic mass is 10.1. The number of nitrogens with one attached hydrogen (secondary N) is 1. The van der Waals surface area contributed by atoms with Gasteiger partial charge in [-0.15, -0.1) is 0 Å². The quantitative estimate of drug-likeness (QED) is 0.436. The number of rotatable bonds is 7. The van der Waals surface area contributed by atoms with E-state index in [1.54, 1.807) is 6.92 Å². The Balaban J connectivity index is 2.12. The lowest BCUT2D eigenvalue weighted by Gasteiger charge is -2.05. The second-order valence-electron chi connectivity index (χ2n) is 6.62. The number of nitro groups is 2. The zero-order valence-corrected chi connectivity index (χ0v) is 13.9. The SMILES string of the molecule is C/C(C[C@@H]1[C@H](C(=O)O)C1(C)C)=N/Nc1ccc([N+](=O)[O-])cc1[N+](=O)[O-]. The number of non-ortho nitro benzene ring substituents is 1. The van der Waals surface area contributed by atoms with Crippen molar-refractivity contribution in [2.24, 2.45) is 22.4 Å². The highest BCUT2D eigenvalue weighted by Crippen LogP contribution is 2.60. The van der Waals surface area contributed by atoms with Gasteiger partial charge in [-0.25, -0.2) is 0 Å². The van der Waals surface area contributed by atoms with E-state index in [4.69, 9.17) is 5.11 Å². The van der Waals surface area contributed by atoms with Gasteiger partial charge in [0.25, 0.3) is 5.69 Å². The van der Waals surface area contributed by atoms with E-state index in [1.165, 1.54) is 6.07 Å². The van der Waals surface area contributed by atoms with Crippen molar-refractivity contribution in [3.8, 4) is 0 Å². The minimum absolute atomic E-state index is 0.0276. The van der Waals surface area contributed by atoms with E-state index >= 15 is 0 Å². The second-order valence-corrected chi connectivity index (χ2v) is 6.62. The van der Waals surface area contributed by atoms with Gasteiger partial charge < -0.3 is 5.11 Å². The molecule has 0 aromatic heterocycles. The van der Waals surface area contributed by atoms with Gasteiger partial charge in [-0.2, -0.15) is 5.10 Å². The molecule has 0 bridgehead atoms. The summed E-state index contributed by atoms with van der Waals surface area (Å²) in [6.07, 6.45) is 0.442. The van der Waals surface area contributed by atoms with Crippen LogP contribution in [0.3, 0.4) is 0 Å². The summed E-state index contributed by atoms with van der Waals surface area (Å²) in [6, 6.07) is 3.22. The van der Waals surface area contributed by atoms with Crippen LogP contribution in [0.4, 0.5) is 17.1 Å². The van der Waals surface area contributed by atoms with Gasteiger partial charge in [-0.3, -0.25) is 30.4 Å². The number of hydrogen-bond acceptors (Lipinski definition) is 7. The Kier molecular flexibility index (Phi) is 4.73. The first kappa shape index (κ1) is 18.3. The van der Waals surface area contributed by atoms with Crippen LogP contribution >= 0.6 is 0 Å². The van der Waals surface area contributed by atoms with Crippen LogP contribution in [-0.2, 0) is 4.79 Å². The molecule has 0 radical (unpaired) electrons. The summed E-state index contributed by atoms with van der Waals surface area (Å²) >= 11 is 0. The maximum atomic E-state index is 11.2. The first-order chi connectivity index (χ1) is 11.6. The molecule has 0 spiro atoms. The van der Waals surface area contributed by atoms with Crippen LogP contribution in [0.1, 0.15) is 27.2 Å². The molecule has 2 atom stereocenters. The molecule has 25 heavy (non-hydrogen) atoms. The topological polar surface area (TPSA) is 148 Å². The third kappa shape index (κ3) is 3.73. The number of aliphatic carboxylic acids is 1. The van der Waals surface area contributed by atoms with Crippen molar-refractivity contribution in [1.82, 2.24) is 0 Å². The Morgan fingerprint density at radius 3 is 2.44 bits per heavy atom. The average molecular weight is 350 g/mol. The summed E-state index contributed by atoms with van der Waals surface area (Å²) in [4.78, 5) is 31.5. The van der Waals surface area contributed by atoms with Crippen molar-refractivity contribution in [3.05, 3.63) is 38.4 Å². The van der Waals surface area contributed by atoms with Crippen LogP contribution < -0.4 is 5.43 Å². The Morgan fingerprint density at radius 1 is 1.32 bits per heavy atom. The van der Waals surface area contributed by atoms with Crippen LogP contribution in [0, 0.1) is 37.5 Å². The fraction of sp³-hybridized carbons (Fsp3) is 0.467. The monoisotopic (exact) mass is 350 g/mol. The molecule has 0 unspecified atom stereocenters. The summed E-state index contributed by atoms with van der Waals surface area (Å²) in [5.41, 5.74) is 2.00. The lowest BCUT2D eigenvalue weighted by Crippen LogP contribution is -2.05. The standard InChI is InChI=1S/C15H18N4O6/c1-8(6-10-13(14(20)21)15(10,2)3)16-17-11-5-4-9(18(22)23)7-12(11)19(24)25/h4-5,7,10,13,17H,6H2,1-3H3,(H,20,21)/b16-8-/t10-,13-/m1/s1. The average Bonchev–Trinajstić information content (AvgIpc) is 3.05. The molecular formula is C15H18N4O6. The van der Waals surface area contributed by atoms with Gasteiger partial charge in [-0.05, 0) is 30.7 Å². The van der Waals surface area contributed by atoms with E-state index in [2.05, 4.69) is 10.5 Å². The number of carboxylic acid groups (broad SMARTS) is 1. The summed E-state index contributed by atoms with van der Waals surface area (Å²) in [7, 11) is 0. The minimum atomic E-state index is -0.846. The molecule has 1 aliphatic rings. The van der Waals surface area contributed by atoms with Crippen molar-refractivity contribution >= 4 is 28.7 Å². The summed E-state index contributed by atoms with van der Waals surface area (Å²) < 4.78 is 0. The first-order valence-corrected chi connectivity index (χ1v) is 7.50. The molecule has 0 heterocycles. The number of hydrazone groups is 1. The molecule has 1 saturated carbocycles. The van der Waals surface area contributed by atoms with Gasteiger partial charge in [0, 0.05) is 11.8 Å². The van der Waals surface area contributed by atoms with Gasteiger partial charge >= 0.3 is 11.7 Å². The molecule has 2 N–H and O–H groups in total. The van der Waals surface area contributed by atoms with Crippen molar-refractivity contribution in [1.29, 1.82) is 0 Å². The number of nitro benzene ring substituents is 2. The number of anilines is 1. The Bertz CT molecular complexity index is 773.